The lowest BCUT2D eigenvalue weighted by Gasteiger charge is -2.33. The van der Waals surface area contributed by atoms with E-state index in [0.717, 1.165) is 22.4 Å². The number of nitrogens with zero attached hydrogens (tertiary/aromatic N) is 2. The van der Waals surface area contributed by atoms with Crippen LogP contribution >= 0.6 is 0 Å². The van der Waals surface area contributed by atoms with Crippen molar-refractivity contribution in [1.82, 2.24) is 4.90 Å². The number of hydrogen-bond donors (Lipinski definition) is 0. The first-order valence-corrected chi connectivity index (χ1v) is 13.0. The van der Waals surface area contributed by atoms with Gasteiger partial charge in [0.25, 0.3) is 0 Å². The van der Waals surface area contributed by atoms with Crippen LogP contribution in [0.1, 0.15) is 37.5 Å². The summed E-state index contributed by atoms with van der Waals surface area (Å²) in [7, 11) is 3.23. The number of hydrogen-bond acceptors (Lipinski definition) is 8. The van der Waals surface area contributed by atoms with Crippen LogP contribution in [0.3, 0.4) is 0 Å². The fourth-order valence-corrected chi connectivity index (χ4v) is 6.68. The Bertz CT molecular complexity index is 1300. The zero-order valence-electron chi connectivity index (χ0n) is 22.7. The minimum atomic E-state index is -1.02. The highest BCUT2D eigenvalue weighted by Crippen LogP contribution is 2.65. The highest BCUT2D eigenvalue weighted by Gasteiger charge is 2.75. The SMILES string of the molecule is COc1c(C)c(OC)c2c(c1OCc1ccccc1)[C@@]1(COCC1=O)[C@H]1[C@@H]3[C@H](CN21)N3C(=O)OC(C)(C)C. The lowest BCUT2D eigenvalue weighted by Crippen LogP contribution is -2.52. The Morgan fingerprint density at radius 1 is 1.11 bits per heavy atom. The monoisotopic (exact) mass is 522 g/mol. The second kappa shape index (κ2) is 8.53. The van der Waals surface area contributed by atoms with E-state index in [0.29, 0.717) is 30.4 Å². The Labute approximate surface area is 222 Å². The van der Waals surface area contributed by atoms with Crippen LogP contribution in [0, 0.1) is 6.92 Å². The minimum Gasteiger partial charge on any atom is -0.494 e. The van der Waals surface area contributed by atoms with Crippen LogP contribution in [0.5, 0.6) is 17.2 Å². The summed E-state index contributed by atoms with van der Waals surface area (Å²) < 4.78 is 29.9. The average Bonchev–Trinajstić information content (AvgIpc) is 3.10. The molecule has 3 fully saturated rings. The molecule has 4 aliphatic heterocycles. The molecule has 0 saturated carbocycles. The predicted molar refractivity (Wildman–Crippen MR) is 139 cm³/mol. The number of carbonyl (C=O) groups is 2. The molecule has 4 aliphatic rings. The Kier molecular flexibility index (Phi) is 5.58. The number of ether oxygens (including phenoxy) is 5. The van der Waals surface area contributed by atoms with Gasteiger partial charge in [-0.25, -0.2) is 4.79 Å². The number of rotatable bonds is 5. The summed E-state index contributed by atoms with van der Waals surface area (Å²) in [5.41, 5.74) is 1.72. The number of anilines is 1. The number of piperazine rings is 1. The maximum Gasteiger partial charge on any atom is 0.411 e. The molecule has 2 aromatic carbocycles. The van der Waals surface area contributed by atoms with Gasteiger partial charge in [-0.2, -0.15) is 0 Å². The first kappa shape index (κ1) is 24.9. The van der Waals surface area contributed by atoms with Gasteiger partial charge in [0.2, 0.25) is 0 Å². The normalized spacial score (nSPS) is 26.8. The molecule has 0 aromatic heterocycles. The number of amides is 1. The molecule has 0 aliphatic carbocycles. The molecular weight excluding hydrogens is 488 g/mol. The Balaban J connectivity index is 1.49. The van der Waals surface area contributed by atoms with E-state index >= 15 is 0 Å². The molecule has 0 bridgehead atoms. The molecule has 1 amide bonds. The molecule has 4 heterocycles. The lowest BCUT2D eigenvalue weighted by atomic mass is 9.73. The fourth-order valence-electron chi connectivity index (χ4n) is 6.68. The van der Waals surface area contributed by atoms with E-state index in [1.54, 1.807) is 19.1 Å². The molecule has 1 spiro atoms. The topological polar surface area (TPSA) is 86.5 Å². The van der Waals surface area contributed by atoms with Crippen LogP contribution in [0.4, 0.5) is 10.5 Å². The van der Waals surface area contributed by atoms with Crippen molar-refractivity contribution in [3.63, 3.8) is 0 Å². The van der Waals surface area contributed by atoms with Crippen molar-refractivity contribution in [3.05, 3.63) is 47.0 Å². The molecule has 3 saturated heterocycles. The zero-order valence-corrected chi connectivity index (χ0v) is 22.7. The van der Waals surface area contributed by atoms with Crippen molar-refractivity contribution in [2.24, 2.45) is 0 Å². The van der Waals surface area contributed by atoms with Crippen LogP contribution in [-0.4, -0.2) is 74.5 Å². The molecule has 0 radical (unpaired) electrons. The standard InChI is InChI=1S/C29H34N2O7/c1-16-23(34-5)22-20(25(24(16)35-6)37-13-17-10-8-7-9-11-17)29(15-36-14-19(29)32)26-21-18(12-30(22)26)31(21)27(33)38-28(2,3)4/h7-11,18,21,26H,12-15H2,1-6H3/t18-,21-,26+,29-,31?/m0/s1. The van der Waals surface area contributed by atoms with Crippen LogP contribution in [0.2, 0.25) is 0 Å². The maximum atomic E-state index is 13.9. The summed E-state index contributed by atoms with van der Waals surface area (Å²) in [6, 6.07) is 9.33. The summed E-state index contributed by atoms with van der Waals surface area (Å²) in [4.78, 5) is 30.9. The van der Waals surface area contributed by atoms with Crippen LogP contribution in [0.15, 0.2) is 30.3 Å². The Morgan fingerprint density at radius 3 is 2.42 bits per heavy atom. The number of Topliss-reactive ketones (excluding diaryl/α,β-unsaturated/α-hetero) is 1. The van der Waals surface area contributed by atoms with Crippen molar-refractivity contribution >= 4 is 17.6 Å². The molecule has 38 heavy (non-hydrogen) atoms. The quantitative estimate of drug-likeness (QED) is 0.551. The predicted octanol–water partition coefficient (Wildman–Crippen LogP) is 3.62. The second-order valence-corrected chi connectivity index (χ2v) is 11.4. The van der Waals surface area contributed by atoms with Gasteiger partial charge < -0.3 is 28.6 Å². The van der Waals surface area contributed by atoms with E-state index in [2.05, 4.69) is 4.90 Å². The molecular formula is C29H34N2O7. The smallest absolute Gasteiger partial charge is 0.411 e. The summed E-state index contributed by atoms with van der Waals surface area (Å²) in [5, 5.41) is 0. The minimum absolute atomic E-state index is 0.00420. The fraction of sp³-hybridized carbons (Fsp3) is 0.517. The third-order valence-corrected chi connectivity index (χ3v) is 8.13. The van der Waals surface area contributed by atoms with Crippen molar-refractivity contribution in [2.45, 2.75) is 63.4 Å². The van der Waals surface area contributed by atoms with Gasteiger partial charge in [-0.1, -0.05) is 30.3 Å². The molecule has 6 rings (SSSR count). The largest absolute Gasteiger partial charge is 0.494 e. The first-order chi connectivity index (χ1) is 18.1. The average molecular weight is 523 g/mol. The molecule has 4 atom stereocenters. The first-order valence-electron chi connectivity index (χ1n) is 13.0. The van der Waals surface area contributed by atoms with Gasteiger partial charge in [0, 0.05) is 17.7 Å². The maximum absolute atomic E-state index is 13.9. The Morgan fingerprint density at radius 2 is 1.82 bits per heavy atom. The number of ketones is 1. The summed E-state index contributed by atoms with van der Waals surface area (Å²) >= 11 is 0. The molecule has 202 valence electrons. The van der Waals surface area contributed by atoms with Gasteiger partial charge in [0.05, 0.1) is 44.6 Å². The highest BCUT2D eigenvalue weighted by molar-refractivity contribution is 6.02. The number of methoxy groups -OCH3 is 2. The molecule has 0 N–H and O–H groups in total. The van der Waals surface area contributed by atoms with Crippen molar-refractivity contribution < 1.29 is 33.3 Å². The van der Waals surface area contributed by atoms with E-state index in [1.165, 1.54) is 0 Å². The van der Waals surface area contributed by atoms with Crippen LogP contribution in [-0.2, 0) is 26.3 Å². The van der Waals surface area contributed by atoms with Crippen LogP contribution < -0.4 is 19.1 Å². The summed E-state index contributed by atoms with van der Waals surface area (Å²) in [6.45, 7) is 8.57. The molecule has 0 unspecified atom stereocenters. The van der Waals surface area contributed by atoms with Gasteiger partial charge >= 0.3 is 6.09 Å². The van der Waals surface area contributed by atoms with E-state index in [4.69, 9.17) is 23.7 Å². The zero-order chi connectivity index (χ0) is 27.0. The molecule has 9 heteroatoms. The van der Waals surface area contributed by atoms with E-state index in [-0.39, 0.29) is 43.2 Å². The van der Waals surface area contributed by atoms with Crippen molar-refractivity contribution in [1.29, 1.82) is 0 Å². The van der Waals surface area contributed by atoms with E-state index in [1.807, 2.05) is 58.0 Å². The van der Waals surface area contributed by atoms with Crippen molar-refractivity contribution in [3.8, 4) is 17.2 Å². The molecule has 9 nitrogen and oxygen atoms in total. The lowest BCUT2D eigenvalue weighted by molar-refractivity contribution is -0.122. The van der Waals surface area contributed by atoms with Gasteiger partial charge in [-0.15, -0.1) is 0 Å². The summed E-state index contributed by atoms with van der Waals surface area (Å²) in [5.74, 6) is 1.68. The van der Waals surface area contributed by atoms with Crippen molar-refractivity contribution in [2.75, 3.05) is 38.9 Å². The van der Waals surface area contributed by atoms with Gasteiger partial charge in [0.1, 0.15) is 30.0 Å². The number of carbonyl (C=O) groups excluding carboxylic acids is 2. The number of fused-ring (bicyclic) bond motifs is 7. The highest BCUT2D eigenvalue weighted by atomic mass is 16.6. The van der Waals surface area contributed by atoms with Crippen LogP contribution in [0.25, 0.3) is 0 Å². The second-order valence-electron chi connectivity index (χ2n) is 11.4. The molecule has 2 aromatic rings. The summed E-state index contributed by atoms with van der Waals surface area (Å²) in [6.07, 6.45) is -0.356. The Hall–Kier alpha value is -3.46. The third kappa shape index (κ3) is 3.40. The van der Waals surface area contributed by atoms with E-state index < -0.39 is 11.0 Å². The van der Waals surface area contributed by atoms with Gasteiger partial charge in [0.15, 0.2) is 17.3 Å². The number of benzene rings is 2. The third-order valence-electron chi connectivity index (χ3n) is 8.13. The van der Waals surface area contributed by atoms with Gasteiger partial charge in [-0.3, -0.25) is 9.69 Å². The van der Waals surface area contributed by atoms with E-state index in [9.17, 15) is 9.59 Å². The van der Waals surface area contributed by atoms with Gasteiger partial charge in [-0.05, 0) is 33.3 Å².